The van der Waals surface area contributed by atoms with Gasteiger partial charge in [0.05, 0.1) is 18.3 Å². The van der Waals surface area contributed by atoms with E-state index in [4.69, 9.17) is 9.84 Å². The number of alkyl halides is 3. The molecule has 0 fully saturated rings. The predicted octanol–water partition coefficient (Wildman–Crippen LogP) is 3.18. The monoisotopic (exact) mass is 385 g/mol. The first-order valence-electron chi connectivity index (χ1n) is 7.87. The average Bonchev–Trinajstić information content (AvgIpc) is 2.92. The first-order valence-corrected chi connectivity index (χ1v) is 7.87. The van der Waals surface area contributed by atoms with E-state index in [0.29, 0.717) is 16.4 Å². The molecule has 0 amide bonds. The Morgan fingerprint density at radius 2 is 1.85 bits per heavy atom. The molecule has 2 aromatic rings. The van der Waals surface area contributed by atoms with Crippen LogP contribution in [0.2, 0.25) is 0 Å². The lowest BCUT2D eigenvalue weighted by Crippen LogP contribution is -2.25. The number of aryl methyl sites for hydroxylation is 1. The molecular weight excluding hydrogens is 367 g/mol. The summed E-state index contributed by atoms with van der Waals surface area (Å²) in [6.45, 7) is 6.56. The van der Waals surface area contributed by atoms with Gasteiger partial charge in [-0.1, -0.05) is 6.07 Å². The SMILES string of the molecule is Cc1ccc(CC(=O)OC(C)(C)C)nc1-n1ncc(C(=O)O)c1C(F)(F)F. The molecule has 0 aromatic carbocycles. The number of ether oxygens (including phenoxy) is 1. The molecular formula is C17H18F3N3O4. The van der Waals surface area contributed by atoms with Crippen molar-refractivity contribution in [2.75, 3.05) is 0 Å². The van der Waals surface area contributed by atoms with Crippen LogP contribution in [-0.4, -0.2) is 37.4 Å². The highest BCUT2D eigenvalue weighted by molar-refractivity contribution is 5.89. The van der Waals surface area contributed by atoms with Gasteiger partial charge in [0.1, 0.15) is 11.2 Å². The molecule has 27 heavy (non-hydrogen) atoms. The zero-order chi connectivity index (χ0) is 20.6. The lowest BCUT2D eigenvalue weighted by molar-refractivity contribution is -0.154. The Bertz CT molecular complexity index is 883. The maximum atomic E-state index is 13.4. The Morgan fingerprint density at radius 3 is 2.37 bits per heavy atom. The van der Waals surface area contributed by atoms with Crippen LogP contribution in [-0.2, 0) is 22.1 Å². The van der Waals surface area contributed by atoms with Crippen LogP contribution >= 0.6 is 0 Å². The third-order valence-corrected chi connectivity index (χ3v) is 3.34. The van der Waals surface area contributed by atoms with E-state index in [1.807, 2.05) is 0 Å². The fourth-order valence-corrected chi connectivity index (χ4v) is 2.33. The fraction of sp³-hybridized carbons (Fsp3) is 0.412. The van der Waals surface area contributed by atoms with Crippen LogP contribution in [0.3, 0.4) is 0 Å². The van der Waals surface area contributed by atoms with Gasteiger partial charge in [-0.05, 0) is 39.3 Å². The number of hydrogen-bond acceptors (Lipinski definition) is 5. The van der Waals surface area contributed by atoms with Crippen LogP contribution in [0.25, 0.3) is 5.82 Å². The van der Waals surface area contributed by atoms with Crippen LogP contribution in [0.1, 0.15) is 48.1 Å². The Hall–Kier alpha value is -2.91. The maximum Gasteiger partial charge on any atom is 0.434 e. The van der Waals surface area contributed by atoms with Gasteiger partial charge in [-0.25, -0.2) is 14.5 Å². The minimum Gasteiger partial charge on any atom is -0.478 e. The fourth-order valence-electron chi connectivity index (χ4n) is 2.33. The van der Waals surface area contributed by atoms with Gasteiger partial charge < -0.3 is 9.84 Å². The zero-order valence-corrected chi connectivity index (χ0v) is 15.1. The summed E-state index contributed by atoms with van der Waals surface area (Å²) in [7, 11) is 0. The molecule has 0 aliphatic heterocycles. The first-order chi connectivity index (χ1) is 12.3. The smallest absolute Gasteiger partial charge is 0.434 e. The van der Waals surface area contributed by atoms with E-state index >= 15 is 0 Å². The highest BCUT2D eigenvalue weighted by Crippen LogP contribution is 2.34. The molecule has 0 aliphatic rings. The molecule has 0 saturated carbocycles. The van der Waals surface area contributed by atoms with Gasteiger partial charge in [0.2, 0.25) is 0 Å². The number of hydrogen-bond donors (Lipinski definition) is 1. The number of carbonyl (C=O) groups is 2. The molecule has 1 N–H and O–H groups in total. The number of aromatic carboxylic acids is 1. The molecule has 2 rings (SSSR count). The van der Waals surface area contributed by atoms with E-state index in [2.05, 4.69) is 10.1 Å². The van der Waals surface area contributed by atoms with Crippen molar-refractivity contribution in [1.82, 2.24) is 14.8 Å². The van der Waals surface area contributed by atoms with Gasteiger partial charge in [-0.2, -0.15) is 18.3 Å². The largest absolute Gasteiger partial charge is 0.478 e. The van der Waals surface area contributed by atoms with Crippen LogP contribution in [0.15, 0.2) is 18.3 Å². The zero-order valence-electron chi connectivity index (χ0n) is 15.1. The second-order valence-corrected chi connectivity index (χ2v) is 6.83. The van der Waals surface area contributed by atoms with Crippen LogP contribution in [0.4, 0.5) is 13.2 Å². The number of halogens is 3. The lowest BCUT2D eigenvalue weighted by atomic mass is 10.2. The molecule has 0 unspecified atom stereocenters. The summed E-state index contributed by atoms with van der Waals surface area (Å²) in [5, 5.41) is 12.6. The van der Waals surface area contributed by atoms with E-state index in [1.54, 1.807) is 20.8 Å². The van der Waals surface area contributed by atoms with Gasteiger partial charge in [0.15, 0.2) is 11.5 Å². The summed E-state index contributed by atoms with van der Waals surface area (Å²) >= 11 is 0. The van der Waals surface area contributed by atoms with Gasteiger partial charge in [0, 0.05) is 0 Å². The van der Waals surface area contributed by atoms with Crippen molar-refractivity contribution in [2.45, 2.75) is 45.9 Å². The van der Waals surface area contributed by atoms with Crippen molar-refractivity contribution >= 4 is 11.9 Å². The first kappa shape index (κ1) is 20.4. The van der Waals surface area contributed by atoms with Gasteiger partial charge in [0.25, 0.3) is 0 Å². The summed E-state index contributed by atoms with van der Waals surface area (Å²) < 4.78 is 45.8. The predicted molar refractivity (Wildman–Crippen MR) is 87.6 cm³/mol. The minimum absolute atomic E-state index is 0.172. The number of aromatic nitrogens is 3. The van der Waals surface area contributed by atoms with E-state index in [9.17, 15) is 22.8 Å². The molecule has 146 valence electrons. The molecule has 0 bridgehead atoms. The van der Waals surface area contributed by atoms with E-state index in [0.717, 1.165) is 0 Å². The van der Waals surface area contributed by atoms with Crippen LogP contribution < -0.4 is 0 Å². The van der Waals surface area contributed by atoms with Crippen LogP contribution in [0, 0.1) is 6.92 Å². The van der Waals surface area contributed by atoms with Gasteiger partial charge in [-0.3, -0.25) is 4.79 Å². The number of pyridine rings is 1. The molecule has 2 heterocycles. The number of carbonyl (C=O) groups excluding carboxylic acids is 1. The van der Waals surface area contributed by atoms with Crippen molar-refractivity contribution < 1.29 is 32.6 Å². The second-order valence-electron chi connectivity index (χ2n) is 6.83. The Morgan fingerprint density at radius 1 is 1.22 bits per heavy atom. The van der Waals surface area contributed by atoms with Crippen LogP contribution in [0.5, 0.6) is 0 Å². The molecule has 10 heteroatoms. The summed E-state index contributed by atoms with van der Waals surface area (Å²) in [6.07, 6.45) is -4.59. The molecule has 0 radical (unpaired) electrons. The molecule has 0 atom stereocenters. The normalized spacial score (nSPS) is 12.1. The Labute approximate surface area is 152 Å². The minimum atomic E-state index is -4.96. The molecule has 0 aliphatic carbocycles. The summed E-state index contributed by atoms with van der Waals surface area (Å²) in [5.74, 6) is -2.56. The number of rotatable bonds is 4. The molecule has 0 spiro atoms. The summed E-state index contributed by atoms with van der Waals surface area (Å²) in [4.78, 5) is 27.1. The van der Waals surface area contributed by atoms with Gasteiger partial charge >= 0.3 is 18.1 Å². The number of nitrogens with zero attached hydrogens (tertiary/aromatic N) is 3. The van der Waals surface area contributed by atoms with Crippen molar-refractivity contribution in [3.05, 3.63) is 40.8 Å². The third-order valence-electron chi connectivity index (χ3n) is 3.34. The summed E-state index contributed by atoms with van der Waals surface area (Å²) in [6, 6.07) is 2.96. The standard InChI is InChI=1S/C17H18F3N3O4/c1-9-5-6-10(7-12(24)27-16(2,3)4)22-14(9)23-13(17(18,19)20)11(8-21-23)15(25)26/h5-6,8H,7H2,1-4H3,(H,25,26). The van der Waals surface area contributed by atoms with E-state index in [-0.39, 0.29) is 17.9 Å². The molecule has 2 aromatic heterocycles. The topological polar surface area (TPSA) is 94.3 Å². The van der Waals surface area contributed by atoms with Crippen molar-refractivity contribution in [2.24, 2.45) is 0 Å². The number of carboxylic acids is 1. The average molecular weight is 385 g/mol. The quantitative estimate of drug-likeness (QED) is 0.813. The van der Waals surface area contributed by atoms with E-state index < -0.39 is 35.0 Å². The summed E-state index contributed by atoms with van der Waals surface area (Å²) in [5.41, 5.74) is -2.65. The van der Waals surface area contributed by atoms with E-state index in [1.165, 1.54) is 19.1 Å². The van der Waals surface area contributed by atoms with Crippen molar-refractivity contribution in [3.63, 3.8) is 0 Å². The third kappa shape index (κ3) is 4.83. The highest BCUT2D eigenvalue weighted by atomic mass is 19.4. The molecule has 7 nitrogen and oxygen atoms in total. The lowest BCUT2D eigenvalue weighted by Gasteiger charge is -2.19. The number of carboxylic acid groups (broad SMARTS) is 1. The Balaban J connectivity index is 2.49. The number of esters is 1. The molecule has 0 saturated heterocycles. The highest BCUT2D eigenvalue weighted by Gasteiger charge is 2.41. The maximum absolute atomic E-state index is 13.4. The second kappa shape index (κ2) is 7.01. The van der Waals surface area contributed by atoms with Crippen molar-refractivity contribution in [3.8, 4) is 5.82 Å². The van der Waals surface area contributed by atoms with Gasteiger partial charge in [-0.15, -0.1) is 0 Å². The van der Waals surface area contributed by atoms with Crippen molar-refractivity contribution in [1.29, 1.82) is 0 Å². The Kier molecular flexibility index (Phi) is 5.30.